The molecule has 0 radical (unpaired) electrons. The van der Waals surface area contributed by atoms with Crippen molar-refractivity contribution in [2.45, 2.75) is 71.4 Å². The molecule has 0 aliphatic heterocycles. The van der Waals surface area contributed by atoms with Gasteiger partial charge in [-0.25, -0.2) is 0 Å². The largest absolute Gasteiger partial charge is 0.352 e. The van der Waals surface area contributed by atoms with Crippen LogP contribution in [0, 0.1) is 29.1 Å². The summed E-state index contributed by atoms with van der Waals surface area (Å²) in [5, 5.41) is 3.25. The van der Waals surface area contributed by atoms with Crippen LogP contribution < -0.4 is 11.1 Å². The first kappa shape index (κ1) is 14.4. The van der Waals surface area contributed by atoms with Gasteiger partial charge in [0.2, 0.25) is 5.91 Å². The van der Waals surface area contributed by atoms with E-state index in [9.17, 15) is 4.79 Å². The van der Waals surface area contributed by atoms with Crippen LogP contribution in [0.5, 0.6) is 0 Å². The van der Waals surface area contributed by atoms with E-state index in [-0.39, 0.29) is 23.9 Å². The highest BCUT2D eigenvalue weighted by Crippen LogP contribution is 2.61. The van der Waals surface area contributed by atoms with Gasteiger partial charge in [0.15, 0.2) is 0 Å². The number of nitrogens with one attached hydrogen (secondary N) is 1. The van der Waals surface area contributed by atoms with Crippen LogP contribution in [0.1, 0.15) is 59.3 Å². The van der Waals surface area contributed by atoms with Crippen molar-refractivity contribution >= 4 is 5.91 Å². The van der Waals surface area contributed by atoms with E-state index in [1.54, 1.807) is 0 Å². The van der Waals surface area contributed by atoms with Crippen LogP contribution in [0.4, 0.5) is 0 Å². The molecule has 4 aliphatic rings. The second-order valence-corrected chi connectivity index (χ2v) is 8.28. The summed E-state index contributed by atoms with van der Waals surface area (Å²) in [4.78, 5) is 12.3. The topological polar surface area (TPSA) is 55.1 Å². The van der Waals surface area contributed by atoms with Gasteiger partial charge < -0.3 is 11.1 Å². The predicted octanol–water partition coefficient (Wildman–Crippen LogP) is 2.69. The van der Waals surface area contributed by atoms with E-state index in [1.807, 2.05) is 13.8 Å². The van der Waals surface area contributed by atoms with Crippen molar-refractivity contribution in [1.82, 2.24) is 5.32 Å². The van der Waals surface area contributed by atoms with Gasteiger partial charge >= 0.3 is 0 Å². The van der Waals surface area contributed by atoms with Gasteiger partial charge in [-0.2, -0.15) is 0 Å². The number of rotatable bonds is 4. The highest BCUT2D eigenvalue weighted by molar-refractivity contribution is 5.82. The first-order valence-corrected chi connectivity index (χ1v) is 8.45. The highest BCUT2D eigenvalue weighted by atomic mass is 16.2. The smallest absolute Gasteiger partial charge is 0.237 e. The summed E-state index contributed by atoms with van der Waals surface area (Å²) < 4.78 is 0. The molecule has 0 heterocycles. The third kappa shape index (κ3) is 2.38. The Bertz CT molecular complexity index is 355. The lowest BCUT2D eigenvalue weighted by Gasteiger charge is -2.59. The van der Waals surface area contributed by atoms with Gasteiger partial charge in [0.25, 0.3) is 0 Å². The number of carbonyl (C=O) groups excluding carboxylic acids is 1. The molecular weight excluding hydrogens is 248 g/mol. The van der Waals surface area contributed by atoms with E-state index in [0.29, 0.717) is 5.41 Å². The first-order chi connectivity index (χ1) is 9.39. The molecule has 4 saturated carbocycles. The lowest BCUT2D eigenvalue weighted by Crippen LogP contribution is -2.58. The molecule has 114 valence electrons. The summed E-state index contributed by atoms with van der Waals surface area (Å²) in [7, 11) is 0. The molecule has 1 unspecified atom stereocenters. The minimum Gasteiger partial charge on any atom is -0.352 e. The third-order valence-corrected chi connectivity index (χ3v) is 6.38. The molecule has 0 aromatic rings. The molecule has 4 aliphatic carbocycles. The second-order valence-electron chi connectivity index (χ2n) is 8.28. The van der Waals surface area contributed by atoms with Gasteiger partial charge in [-0.05, 0) is 74.5 Å². The molecule has 3 nitrogen and oxygen atoms in total. The quantitative estimate of drug-likeness (QED) is 0.830. The fraction of sp³-hybridized carbons (Fsp3) is 0.941. The van der Waals surface area contributed by atoms with Crippen molar-refractivity contribution in [2.24, 2.45) is 34.8 Å². The molecule has 2 atom stereocenters. The number of nitrogens with two attached hydrogens (primary N) is 1. The van der Waals surface area contributed by atoms with Crippen LogP contribution in [-0.4, -0.2) is 18.0 Å². The lowest BCUT2D eigenvalue weighted by atomic mass is 9.48. The van der Waals surface area contributed by atoms with Gasteiger partial charge in [0.1, 0.15) is 0 Å². The molecule has 4 rings (SSSR count). The minimum absolute atomic E-state index is 0.0447. The maximum atomic E-state index is 12.3. The standard InChI is InChI=1S/C17H30N2O/c1-10(2)15(18)16(20)19-11(3)17-7-12-4-13(8-17)6-14(5-12)9-17/h10-15H,4-9,18H2,1-3H3,(H,19,20)/t11?,12?,13?,14?,15-,17?/m0/s1. The molecule has 0 spiro atoms. The van der Waals surface area contributed by atoms with E-state index in [4.69, 9.17) is 5.73 Å². The Kier molecular flexibility index (Phi) is 3.60. The van der Waals surface area contributed by atoms with Crippen LogP contribution in [0.15, 0.2) is 0 Å². The van der Waals surface area contributed by atoms with E-state index in [2.05, 4.69) is 12.2 Å². The molecule has 0 aromatic heterocycles. The summed E-state index contributed by atoms with van der Waals surface area (Å²) in [6.07, 6.45) is 8.34. The minimum atomic E-state index is -0.369. The first-order valence-electron chi connectivity index (χ1n) is 8.45. The van der Waals surface area contributed by atoms with Gasteiger partial charge in [-0.1, -0.05) is 13.8 Å². The van der Waals surface area contributed by atoms with Crippen LogP contribution in [0.3, 0.4) is 0 Å². The fourth-order valence-corrected chi connectivity index (χ4v) is 5.47. The number of amides is 1. The molecule has 0 saturated heterocycles. The van der Waals surface area contributed by atoms with Gasteiger partial charge in [0, 0.05) is 6.04 Å². The van der Waals surface area contributed by atoms with Crippen molar-refractivity contribution in [1.29, 1.82) is 0 Å². The van der Waals surface area contributed by atoms with E-state index >= 15 is 0 Å². The highest BCUT2D eigenvalue weighted by Gasteiger charge is 2.53. The lowest BCUT2D eigenvalue weighted by molar-refractivity contribution is -0.128. The monoisotopic (exact) mass is 278 g/mol. The van der Waals surface area contributed by atoms with Gasteiger partial charge in [-0.15, -0.1) is 0 Å². The molecule has 4 fully saturated rings. The van der Waals surface area contributed by atoms with E-state index < -0.39 is 0 Å². The Labute approximate surface area is 123 Å². The number of hydrogen-bond donors (Lipinski definition) is 2. The molecule has 3 heteroatoms. The number of carbonyl (C=O) groups is 1. The zero-order chi connectivity index (χ0) is 14.5. The Morgan fingerprint density at radius 3 is 1.90 bits per heavy atom. The molecule has 0 aromatic carbocycles. The normalized spacial score (nSPS) is 41.8. The Balaban J connectivity index is 1.68. The van der Waals surface area contributed by atoms with Crippen molar-refractivity contribution in [2.75, 3.05) is 0 Å². The van der Waals surface area contributed by atoms with Crippen LogP contribution in [-0.2, 0) is 4.79 Å². The molecule has 1 amide bonds. The van der Waals surface area contributed by atoms with Crippen LogP contribution in [0.2, 0.25) is 0 Å². The summed E-state index contributed by atoms with van der Waals surface area (Å²) in [5.74, 6) is 3.04. The molecular formula is C17H30N2O. The molecule has 3 N–H and O–H groups in total. The van der Waals surface area contributed by atoms with E-state index in [0.717, 1.165) is 17.8 Å². The van der Waals surface area contributed by atoms with Crippen LogP contribution in [0.25, 0.3) is 0 Å². The second kappa shape index (κ2) is 5.01. The predicted molar refractivity (Wildman–Crippen MR) is 81.0 cm³/mol. The van der Waals surface area contributed by atoms with Gasteiger partial charge in [-0.3, -0.25) is 4.79 Å². The SMILES string of the molecule is CC(C)[C@H](N)C(=O)NC(C)C12CC3CC(CC(C3)C1)C2. The summed E-state index contributed by atoms with van der Waals surface area (Å²) >= 11 is 0. The third-order valence-electron chi connectivity index (χ3n) is 6.38. The van der Waals surface area contributed by atoms with Crippen molar-refractivity contribution in [3.8, 4) is 0 Å². The summed E-state index contributed by atoms with van der Waals surface area (Å²) in [6.45, 7) is 6.25. The van der Waals surface area contributed by atoms with Crippen molar-refractivity contribution < 1.29 is 4.79 Å². The average molecular weight is 278 g/mol. The summed E-state index contributed by atoms with van der Waals surface area (Å²) in [6, 6.07) is -0.0837. The van der Waals surface area contributed by atoms with Crippen molar-refractivity contribution in [3.05, 3.63) is 0 Å². The fourth-order valence-electron chi connectivity index (χ4n) is 5.47. The summed E-state index contributed by atoms with van der Waals surface area (Å²) in [5.41, 5.74) is 6.36. The van der Waals surface area contributed by atoms with Gasteiger partial charge in [0.05, 0.1) is 6.04 Å². The van der Waals surface area contributed by atoms with Crippen LogP contribution >= 0.6 is 0 Å². The van der Waals surface area contributed by atoms with Crippen molar-refractivity contribution in [3.63, 3.8) is 0 Å². The average Bonchev–Trinajstić information content (AvgIpc) is 2.35. The maximum Gasteiger partial charge on any atom is 0.237 e. The molecule has 4 bridgehead atoms. The Morgan fingerprint density at radius 2 is 1.50 bits per heavy atom. The van der Waals surface area contributed by atoms with E-state index in [1.165, 1.54) is 38.5 Å². The molecule has 20 heavy (non-hydrogen) atoms. The zero-order valence-corrected chi connectivity index (χ0v) is 13.2. The number of hydrogen-bond acceptors (Lipinski definition) is 2. The maximum absolute atomic E-state index is 12.3. The Hall–Kier alpha value is -0.570. The Morgan fingerprint density at radius 1 is 1.05 bits per heavy atom. The zero-order valence-electron chi connectivity index (χ0n) is 13.2.